The van der Waals surface area contributed by atoms with Crippen LogP contribution in [0.5, 0.6) is 0 Å². The molecule has 0 bridgehead atoms. The third-order valence-corrected chi connectivity index (χ3v) is 6.88. The SMILES string of the molecule is O=C(O)N1CCN(c2cc(-c3cc(NCC4CCCCC4)cc(Nc4cnccn4)n3)ccn2)CC1. The van der Waals surface area contributed by atoms with E-state index in [4.69, 9.17) is 4.98 Å². The molecule has 3 aromatic rings. The van der Waals surface area contributed by atoms with Gasteiger partial charge in [-0.05, 0) is 37.0 Å². The number of rotatable bonds is 7. The predicted molar refractivity (Wildman–Crippen MR) is 140 cm³/mol. The summed E-state index contributed by atoms with van der Waals surface area (Å²) >= 11 is 0. The highest BCUT2D eigenvalue weighted by molar-refractivity contribution is 5.71. The molecule has 4 heterocycles. The van der Waals surface area contributed by atoms with E-state index in [0.29, 0.717) is 43.7 Å². The van der Waals surface area contributed by atoms with Gasteiger partial charge < -0.3 is 25.5 Å². The van der Waals surface area contributed by atoms with E-state index in [1.807, 2.05) is 18.2 Å². The van der Waals surface area contributed by atoms with Gasteiger partial charge in [0.1, 0.15) is 17.5 Å². The molecule has 0 aromatic carbocycles. The minimum Gasteiger partial charge on any atom is -0.465 e. The largest absolute Gasteiger partial charge is 0.465 e. The van der Waals surface area contributed by atoms with Crippen molar-refractivity contribution in [3.8, 4) is 11.3 Å². The van der Waals surface area contributed by atoms with Crippen molar-refractivity contribution >= 4 is 29.2 Å². The first-order chi connectivity index (χ1) is 17.6. The van der Waals surface area contributed by atoms with Crippen molar-refractivity contribution in [3.05, 3.63) is 49.1 Å². The van der Waals surface area contributed by atoms with E-state index < -0.39 is 6.09 Å². The summed E-state index contributed by atoms with van der Waals surface area (Å²) in [7, 11) is 0. The van der Waals surface area contributed by atoms with Crippen LogP contribution in [-0.2, 0) is 0 Å². The first kappa shape index (κ1) is 23.8. The van der Waals surface area contributed by atoms with Crippen LogP contribution in [0.1, 0.15) is 32.1 Å². The van der Waals surface area contributed by atoms with E-state index in [9.17, 15) is 9.90 Å². The van der Waals surface area contributed by atoms with Gasteiger partial charge in [-0.25, -0.2) is 19.7 Å². The van der Waals surface area contributed by atoms with Gasteiger partial charge in [0.05, 0.1) is 11.9 Å². The zero-order valence-electron chi connectivity index (χ0n) is 20.3. The molecular weight excluding hydrogens is 456 g/mol. The number of aromatic nitrogens is 4. The number of anilines is 4. The van der Waals surface area contributed by atoms with Crippen molar-refractivity contribution in [2.45, 2.75) is 32.1 Å². The monoisotopic (exact) mass is 488 g/mol. The quantitative estimate of drug-likeness (QED) is 0.442. The first-order valence-corrected chi connectivity index (χ1v) is 12.6. The van der Waals surface area contributed by atoms with Gasteiger partial charge in [-0.15, -0.1) is 0 Å². The van der Waals surface area contributed by atoms with Gasteiger partial charge >= 0.3 is 6.09 Å². The molecule has 3 aromatic heterocycles. The zero-order valence-corrected chi connectivity index (χ0v) is 20.3. The lowest BCUT2D eigenvalue weighted by Gasteiger charge is -2.33. The smallest absolute Gasteiger partial charge is 0.407 e. The summed E-state index contributed by atoms with van der Waals surface area (Å²) in [6, 6.07) is 8.06. The molecule has 1 aliphatic carbocycles. The van der Waals surface area contributed by atoms with Crippen LogP contribution in [0.3, 0.4) is 0 Å². The fourth-order valence-electron chi connectivity index (χ4n) is 4.87. The van der Waals surface area contributed by atoms with E-state index in [-0.39, 0.29) is 0 Å². The van der Waals surface area contributed by atoms with Crippen LogP contribution in [0.25, 0.3) is 11.3 Å². The van der Waals surface area contributed by atoms with Crippen LogP contribution < -0.4 is 15.5 Å². The van der Waals surface area contributed by atoms with E-state index in [1.165, 1.54) is 37.0 Å². The molecule has 0 unspecified atom stereocenters. The molecule has 1 amide bonds. The lowest BCUT2D eigenvalue weighted by atomic mass is 9.89. The standard InChI is InChI=1S/C26H32N8O2/c35-26(36)34-12-10-33(11-13-34)25-14-20(6-7-29-25)22-15-21(30-17-19-4-2-1-3-5-19)16-23(31-22)32-24-18-27-8-9-28-24/h6-9,14-16,18-19H,1-5,10-13,17H2,(H,35,36)(H2,28,30,31,32). The Labute approximate surface area is 210 Å². The molecule has 2 aliphatic rings. The fraction of sp³-hybridized carbons (Fsp3) is 0.423. The summed E-state index contributed by atoms with van der Waals surface area (Å²) in [6.45, 7) is 3.10. The number of amides is 1. The number of hydrogen-bond donors (Lipinski definition) is 3. The Morgan fingerprint density at radius 3 is 2.56 bits per heavy atom. The second-order valence-electron chi connectivity index (χ2n) is 9.39. The Hall–Kier alpha value is -3.95. The van der Waals surface area contributed by atoms with E-state index >= 15 is 0 Å². The van der Waals surface area contributed by atoms with Gasteiger partial charge in [-0.2, -0.15) is 0 Å². The average Bonchev–Trinajstić information content (AvgIpc) is 2.93. The number of nitrogens with one attached hydrogen (secondary N) is 2. The second-order valence-corrected chi connectivity index (χ2v) is 9.39. The van der Waals surface area contributed by atoms with Crippen molar-refractivity contribution in [1.29, 1.82) is 0 Å². The summed E-state index contributed by atoms with van der Waals surface area (Å²) in [4.78, 5) is 32.7. The van der Waals surface area contributed by atoms with Crippen LogP contribution in [0.2, 0.25) is 0 Å². The van der Waals surface area contributed by atoms with Crippen molar-refractivity contribution < 1.29 is 9.90 Å². The molecule has 2 fully saturated rings. The molecule has 10 nitrogen and oxygen atoms in total. The molecule has 0 atom stereocenters. The summed E-state index contributed by atoms with van der Waals surface area (Å²) in [6.07, 6.45) is 12.4. The topological polar surface area (TPSA) is 119 Å². The average molecular weight is 489 g/mol. The van der Waals surface area contributed by atoms with Gasteiger partial charge in [-0.1, -0.05) is 19.3 Å². The number of hydrogen-bond acceptors (Lipinski definition) is 8. The van der Waals surface area contributed by atoms with E-state index in [1.54, 1.807) is 24.8 Å². The molecule has 5 rings (SSSR count). The summed E-state index contributed by atoms with van der Waals surface area (Å²) in [5, 5.41) is 16.2. The summed E-state index contributed by atoms with van der Waals surface area (Å²) < 4.78 is 0. The van der Waals surface area contributed by atoms with Gasteiger partial charge in [0, 0.05) is 68.6 Å². The number of piperazine rings is 1. The lowest BCUT2D eigenvalue weighted by molar-refractivity contribution is 0.142. The van der Waals surface area contributed by atoms with E-state index in [0.717, 1.165) is 29.3 Å². The molecule has 10 heteroatoms. The Kier molecular flexibility index (Phi) is 7.39. The predicted octanol–water partition coefficient (Wildman–Crippen LogP) is 4.47. The van der Waals surface area contributed by atoms with Gasteiger partial charge in [0.2, 0.25) is 0 Å². The molecular formula is C26H32N8O2. The molecule has 1 saturated heterocycles. The van der Waals surface area contributed by atoms with Crippen LogP contribution in [0.15, 0.2) is 49.1 Å². The molecule has 0 radical (unpaired) electrons. The minimum absolute atomic E-state index is 0.465. The Balaban J connectivity index is 1.38. The fourth-order valence-corrected chi connectivity index (χ4v) is 4.87. The highest BCUT2D eigenvalue weighted by Crippen LogP contribution is 2.29. The van der Waals surface area contributed by atoms with Crippen molar-refractivity contribution in [2.24, 2.45) is 5.92 Å². The summed E-state index contributed by atoms with van der Waals surface area (Å²) in [5.74, 6) is 2.84. The van der Waals surface area contributed by atoms with Gasteiger partial charge in [-0.3, -0.25) is 4.98 Å². The Morgan fingerprint density at radius 2 is 1.81 bits per heavy atom. The van der Waals surface area contributed by atoms with Crippen LogP contribution in [-0.4, -0.2) is 68.8 Å². The van der Waals surface area contributed by atoms with Crippen LogP contribution in [0, 0.1) is 5.92 Å². The third kappa shape index (κ3) is 5.99. The van der Waals surface area contributed by atoms with Crippen molar-refractivity contribution in [2.75, 3.05) is 48.3 Å². The highest BCUT2D eigenvalue weighted by Gasteiger charge is 2.21. The number of pyridine rings is 2. The van der Waals surface area contributed by atoms with Gasteiger partial charge in [0.25, 0.3) is 0 Å². The van der Waals surface area contributed by atoms with Gasteiger partial charge in [0.15, 0.2) is 0 Å². The maximum atomic E-state index is 11.2. The Bertz CT molecular complexity index is 1160. The molecule has 0 spiro atoms. The lowest BCUT2D eigenvalue weighted by Crippen LogP contribution is -2.48. The van der Waals surface area contributed by atoms with Crippen molar-refractivity contribution in [1.82, 2.24) is 24.8 Å². The second kappa shape index (κ2) is 11.2. The minimum atomic E-state index is -0.874. The molecule has 3 N–H and O–H groups in total. The van der Waals surface area contributed by atoms with Crippen LogP contribution >= 0.6 is 0 Å². The number of carbonyl (C=O) groups is 1. The van der Waals surface area contributed by atoms with Crippen LogP contribution in [0.4, 0.5) is 27.9 Å². The molecule has 36 heavy (non-hydrogen) atoms. The van der Waals surface area contributed by atoms with Crippen molar-refractivity contribution in [3.63, 3.8) is 0 Å². The zero-order chi connectivity index (χ0) is 24.7. The maximum Gasteiger partial charge on any atom is 0.407 e. The normalized spacial score (nSPS) is 16.6. The Morgan fingerprint density at radius 1 is 0.972 bits per heavy atom. The third-order valence-electron chi connectivity index (χ3n) is 6.88. The first-order valence-electron chi connectivity index (χ1n) is 12.6. The summed E-state index contributed by atoms with van der Waals surface area (Å²) in [5.41, 5.74) is 2.78. The molecule has 188 valence electrons. The molecule has 1 saturated carbocycles. The number of nitrogens with zero attached hydrogens (tertiary/aromatic N) is 6. The van der Waals surface area contributed by atoms with E-state index in [2.05, 4.69) is 36.6 Å². The number of carboxylic acid groups (broad SMARTS) is 1. The highest BCUT2D eigenvalue weighted by atomic mass is 16.4. The maximum absolute atomic E-state index is 11.2. The molecule has 1 aliphatic heterocycles.